The standard InChI is InChI=1S/C17H13ClN2O2/c1-9-6-7-12(18)14-15(9)20-16(21)17(14,22)11-8-19-13-5-3-2-4-10(11)13/h2-8,19,22H,1H3,(H,20,21)/t17-/m1/s1. The molecular weight excluding hydrogens is 300 g/mol. The summed E-state index contributed by atoms with van der Waals surface area (Å²) in [7, 11) is 0. The molecule has 4 nitrogen and oxygen atoms in total. The number of carbonyl (C=O) groups is 1. The number of hydrogen-bond acceptors (Lipinski definition) is 2. The number of fused-ring (bicyclic) bond motifs is 2. The van der Waals surface area contributed by atoms with Gasteiger partial charge in [-0.2, -0.15) is 0 Å². The second kappa shape index (κ2) is 4.35. The van der Waals surface area contributed by atoms with E-state index < -0.39 is 11.5 Å². The highest BCUT2D eigenvalue weighted by Crippen LogP contribution is 2.47. The van der Waals surface area contributed by atoms with Crippen molar-refractivity contribution in [2.24, 2.45) is 0 Å². The second-order valence-corrected chi connectivity index (χ2v) is 5.93. The first kappa shape index (κ1) is 13.4. The van der Waals surface area contributed by atoms with Crippen LogP contribution < -0.4 is 5.32 Å². The predicted octanol–water partition coefficient (Wildman–Crippen LogP) is 3.32. The number of aryl methyl sites for hydroxylation is 1. The van der Waals surface area contributed by atoms with Crippen LogP contribution in [-0.2, 0) is 10.4 Å². The Bertz CT molecular complexity index is 932. The van der Waals surface area contributed by atoms with Crippen molar-refractivity contribution in [3.63, 3.8) is 0 Å². The van der Waals surface area contributed by atoms with Crippen LogP contribution in [0.15, 0.2) is 42.6 Å². The molecule has 0 bridgehead atoms. The summed E-state index contributed by atoms with van der Waals surface area (Å²) in [5.74, 6) is -0.483. The molecule has 22 heavy (non-hydrogen) atoms. The largest absolute Gasteiger partial charge is 0.372 e. The minimum absolute atomic E-state index is 0.367. The molecule has 0 fully saturated rings. The number of carbonyl (C=O) groups excluding carboxylic acids is 1. The fourth-order valence-corrected chi connectivity index (χ4v) is 3.44. The summed E-state index contributed by atoms with van der Waals surface area (Å²) >= 11 is 6.30. The van der Waals surface area contributed by atoms with E-state index >= 15 is 0 Å². The number of hydrogen-bond donors (Lipinski definition) is 3. The van der Waals surface area contributed by atoms with Gasteiger partial charge in [-0.25, -0.2) is 0 Å². The number of H-pyrrole nitrogens is 1. The Morgan fingerprint density at radius 1 is 1.18 bits per heavy atom. The lowest BCUT2D eigenvalue weighted by atomic mass is 9.86. The van der Waals surface area contributed by atoms with Crippen molar-refractivity contribution in [3.05, 3.63) is 64.3 Å². The molecule has 0 saturated carbocycles. The number of amides is 1. The number of halogens is 1. The van der Waals surface area contributed by atoms with Gasteiger partial charge in [0.05, 0.1) is 5.69 Å². The third kappa shape index (κ3) is 1.54. The van der Waals surface area contributed by atoms with Gasteiger partial charge in [-0.05, 0) is 24.6 Å². The number of aromatic amines is 1. The van der Waals surface area contributed by atoms with Crippen molar-refractivity contribution in [2.75, 3.05) is 5.32 Å². The maximum Gasteiger partial charge on any atom is 0.266 e. The van der Waals surface area contributed by atoms with Crippen LogP contribution in [0.5, 0.6) is 0 Å². The van der Waals surface area contributed by atoms with Crippen LogP contribution in [0.4, 0.5) is 5.69 Å². The molecule has 1 aromatic heterocycles. The van der Waals surface area contributed by atoms with Gasteiger partial charge in [-0.1, -0.05) is 35.9 Å². The van der Waals surface area contributed by atoms with Crippen molar-refractivity contribution < 1.29 is 9.90 Å². The summed E-state index contributed by atoms with van der Waals surface area (Å²) < 4.78 is 0. The van der Waals surface area contributed by atoms with Gasteiger partial charge in [0.15, 0.2) is 5.60 Å². The summed E-state index contributed by atoms with van der Waals surface area (Å²) in [4.78, 5) is 15.7. The van der Waals surface area contributed by atoms with Crippen LogP contribution in [0, 0.1) is 6.92 Å². The number of aliphatic hydroxyl groups is 1. The van der Waals surface area contributed by atoms with Gasteiger partial charge in [0, 0.05) is 33.2 Å². The quantitative estimate of drug-likeness (QED) is 0.645. The molecule has 3 N–H and O–H groups in total. The summed E-state index contributed by atoms with van der Waals surface area (Å²) in [6, 6.07) is 11.1. The normalized spacial score (nSPS) is 20.2. The average molecular weight is 313 g/mol. The van der Waals surface area contributed by atoms with Crippen molar-refractivity contribution >= 4 is 34.1 Å². The summed E-state index contributed by atoms with van der Waals surface area (Å²) in [6.45, 7) is 1.87. The molecule has 110 valence electrons. The highest BCUT2D eigenvalue weighted by Gasteiger charge is 2.50. The topological polar surface area (TPSA) is 65.1 Å². The van der Waals surface area contributed by atoms with E-state index in [0.29, 0.717) is 21.8 Å². The minimum Gasteiger partial charge on any atom is -0.372 e. The Labute approximate surface area is 131 Å². The van der Waals surface area contributed by atoms with E-state index in [1.807, 2.05) is 37.3 Å². The SMILES string of the molecule is Cc1ccc(Cl)c2c1NC(=O)[C@@]2(O)c1c[nH]c2ccccc12. The third-order valence-corrected chi connectivity index (χ3v) is 4.59. The van der Waals surface area contributed by atoms with Crippen molar-refractivity contribution in [1.82, 2.24) is 4.98 Å². The number of aromatic nitrogens is 1. The lowest BCUT2D eigenvalue weighted by Crippen LogP contribution is -2.35. The predicted molar refractivity (Wildman–Crippen MR) is 86.1 cm³/mol. The first-order valence-corrected chi connectivity index (χ1v) is 7.31. The van der Waals surface area contributed by atoms with E-state index in [4.69, 9.17) is 11.6 Å². The van der Waals surface area contributed by atoms with Crippen LogP contribution in [0.1, 0.15) is 16.7 Å². The number of rotatable bonds is 1. The van der Waals surface area contributed by atoms with Gasteiger partial charge in [0.25, 0.3) is 5.91 Å². The van der Waals surface area contributed by atoms with E-state index in [0.717, 1.165) is 16.5 Å². The molecule has 3 aromatic rings. The van der Waals surface area contributed by atoms with Gasteiger partial charge < -0.3 is 15.4 Å². The van der Waals surface area contributed by atoms with Crippen LogP contribution in [0.3, 0.4) is 0 Å². The third-order valence-electron chi connectivity index (χ3n) is 4.27. The lowest BCUT2D eigenvalue weighted by molar-refractivity contribution is -0.129. The first-order chi connectivity index (χ1) is 10.5. The molecule has 0 radical (unpaired) electrons. The van der Waals surface area contributed by atoms with Gasteiger partial charge in [0.1, 0.15) is 0 Å². The highest BCUT2D eigenvalue weighted by atomic mass is 35.5. The molecule has 0 aliphatic carbocycles. The molecule has 4 rings (SSSR count). The molecule has 1 amide bonds. The van der Waals surface area contributed by atoms with E-state index in [1.165, 1.54) is 0 Å². The van der Waals surface area contributed by atoms with Gasteiger partial charge >= 0.3 is 0 Å². The summed E-state index contributed by atoms with van der Waals surface area (Å²) in [5.41, 5.74) is 1.44. The summed E-state index contributed by atoms with van der Waals surface area (Å²) in [5, 5.41) is 15.2. The number of anilines is 1. The maximum absolute atomic E-state index is 12.6. The van der Waals surface area contributed by atoms with Crippen LogP contribution >= 0.6 is 11.6 Å². The van der Waals surface area contributed by atoms with E-state index in [1.54, 1.807) is 12.3 Å². The Balaban J connectivity index is 2.07. The van der Waals surface area contributed by atoms with E-state index in [-0.39, 0.29) is 0 Å². The van der Waals surface area contributed by atoms with Crippen LogP contribution in [-0.4, -0.2) is 16.0 Å². The second-order valence-electron chi connectivity index (χ2n) is 5.53. The summed E-state index contributed by atoms with van der Waals surface area (Å²) in [6.07, 6.45) is 1.66. The van der Waals surface area contributed by atoms with Gasteiger partial charge in [0.2, 0.25) is 0 Å². The number of para-hydroxylation sites is 1. The van der Waals surface area contributed by atoms with Crippen molar-refractivity contribution in [2.45, 2.75) is 12.5 Å². The molecule has 2 aromatic carbocycles. The monoisotopic (exact) mass is 312 g/mol. The van der Waals surface area contributed by atoms with E-state index in [9.17, 15) is 9.90 Å². The highest BCUT2D eigenvalue weighted by molar-refractivity contribution is 6.33. The molecule has 1 atom stereocenters. The average Bonchev–Trinajstić information content (AvgIpc) is 3.05. The zero-order chi connectivity index (χ0) is 15.5. The fraction of sp³-hybridized carbons (Fsp3) is 0.118. The smallest absolute Gasteiger partial charge is 0.266 e. The van der Waals surface area contributed by atoms with Gasteiger partial charge in [-0.3, -0.25) is 4.79 Å². The van der Waals surface area contributed by atoms with Crippen molar-refractivity contribution in [3.8, 4) is 0 Å². The first-order valence-electron chi connectivity index (χ1n) is 6.93. The number of benzene rings is 2. The Kier molecular flexibility index (Phi) is 2.64. The lowest BCUT2D eigenvalue weighted by Gasteiger charge is -2.21. The molecule has 2 heterocycles. The zero-order valence-electron chi connectivity index (χ0n) is 11.8. The zero-order valence-corrected chi connectivity index (χ0v) is 12.5. The molecule has 0 unspecified atom stereocenters. The van der Waals surface area contributed by atoms with Crippen molar-refractivity contribution in [1.29, 1.82) is 0 Å². The van der Waals surface area contributed by atoms with Gasteiger partial charge in [-0.15, -0.1) is 0 Å². The molecule has 1 aliphatic rings. The Morgan fingerprint density at radius 2 is 1.95 bits per heavy atom. The molecule has 1 aliphatic heterocycles. The van der Waals surface area contributed by atoms with Crippen LogP contribution in [0.2, 0.25) is 5.02 Å². The molecule has 0 spiro atoms. The number of nitrogens with one attached hydrogen (secondary N) is 2. The Morgan fingerprint density at radius 3 is 2.77 bits per heavy atom. The molecular formula is C17H13ClN2O2. The molecule has 0 saturated heterocycles. The van der Waals surface area contributed by atoms with Crippen LogP contribution in [0.25, 0.3) is 10.9 Å². The fourth-order valence-electron chi connectivity index (χ4n) is 3.14. The Hall–Kier alpha value is -2.30. The van der Waals surface area contributed by atoms with E-state index in [2.05, 4.69) is 10.3 Å². The maximum atomic E-state index is 12.6. The minimum atomic E-state index is -1.79. The molecule has 5 heteroatoms.